The van der Waals surface area contributed by atoms with Crippen molar-refractivity contribution >= 4 is 17.7 Å². The Morgan fingerprint density at radius 3 is 2.96 bits per heavy atom. The third kappa shape index (κ3) is 3.96. The molecule has 0 spiro atoms. The second kappa shape index (κ2) is 7.21. The van der Waals surface area contributed by atoms with Crippen molar-refractivity contribution in [3.05, 3.63) is 18.4 Å². The van der Waals surface area contributed by atoms with E-state index in [9.17, 15) is 4.79 Å². The molecular weight excluding hydrogens is 314 g/mol. The summed E-state index contributed by atoms with van der Waals surface area (Å²) in [6, 6.07) is 3.79. The van der Waals surface area contributed by atoms with Crippen LogP contribution in [0.25, 0.3) is 11.7 Å². The fraction of sp³-hybridized carbons (Fsp3) is 0.562. The SMILES string of the molecule is C[C@@H](Sc1nnc(-c2ccco2)o1)C(=O)N[C@H]1CCCC[C@@H]1C. The van der Waals surface area contributed by atoms with E-state index in [-0.39, 0.29) is 17.2 Å². The summed E-state index contributed by atoms with van der Waals surface area (Å²) in [6.45, 7) is 4.06. The van der Waals surface area contributed by atoms with Crippen molar-refractivity contribution in [2.45, 2.75) is 56.0 Å². The number of carbonyl (C=O) groups excluding carboxylic acids is 1. The van der Waals surface area contributed by atoms with Crippen LogP contribution < -0.4 is 5.32 Å². The first-order valence-corrected chi connectivity index (χ1v) is 8.86. The Bertz CT molecular complexity index is 641. The molecule has 0 bridgehead atoms. The molecule has 3 atom stereocenters. The number of thioether (sulfide) groups is 1. The van der Waals surface area contributed by atoms with E-state index in [1.165, 1.54) is 31.0 Å². The highest BCUT2D eigenvalue weighted by atomic mass is 32.2. The first-order chi connectivity index (χ1) is 11.1. The quantitative estimate of drug-likeness (QED) is 0.842. The highest BCUT2D eigenvalue weighted by Gasteiger charge is 2.26. The van der Waals surface area contributed by atoms with Gasteiger partial charge < -0.3 is 14.2 Å². The van der Waals surface area contributed by atoms with Gasteiger partial charge in [0, 0.05) is 6.04 Å². The van der Waals surface area contributed by atoms with E-state index in [0.29, 0.717) is 22.8 Å². The maximum Gasteiger partial charge on any atom is 0.284 e. The van der Waals surface area contributed by atoms with Crippen LogP contribution >= 0.6 is 11.8 Å². The van der Waals surface area contributed by atoms with E-state index in [2.05, 4.69) is 22.4 Å². The van der Waals surface area contributed by atoms with Gasteiger partial charge in [-0.2, -0.15) is 0 Å². The lowest BCUT2D eigenvalue weighted by Crippen LogP contribution is -2.44. The van der Waals surface area contributed by atoms with E-state index in [1.54, 1.807) is 18.4 Å². The number of aromatic nitrogens is 2. The zero-order valence-electron chi connectivity index (χ0n) is 13.3. The summed E-state index contributed by atoms with van der Waals surface area (Å²) in [6.07, 6.45) is 6.24. The van der Waals surface area contributed by atoms with Crippen LogP contribution in [0.2, 0.25) is 0 Å². The van der Waals surface area contributed by atoms with Crippen LogP contribution in [0.15, 0.2) is 32.5 Å². The van der Waals surface area contributed by atoms with Gasteiger partial charge in [0.25, 0.3) is 11.1 Å². The van der Waals surface area contributed by atoms with E-state index in [0.717, 1.165) is 6.42 Å². The lowest BCUT2D eigenvalue weighted by atomic mass is 9.86. The molecule has 6 nitrogen and oxygen atoms in total. The Labute approximate surface area is 139 Å². The monoisotopic (exact) mass is 335 g/mol. The van der Waals surface area contributed by atoms with Gasteiger partial charge in [0.1, 0.15) is 0 Å². The summed E-state index contributed by atoms with van der Waals surface area (Å²) in [5.41, 5.74) is 0. The number of nitrogens with zero attached hydrogens (tertiary/aromatic N) is 2. The second-order valence-corrected chi connectivity index (χ2v) is 7.28. The standard InChI is InChI=1S/C16H21N3O3S/c1-10-6-3-4-7-12(10)17-14(20)11(2)23-16-19-18-15(22-16)13-8-5-9-21-13/h5,8-12H,3-4,6-7H2,1-2H3,(H,17,20)/t10-,11+,12-/m0/s1. The van der Waals surface area contributed by atoms with Crippen LogP contribution in [0.3, 0.4) is 0 Å². The van der Waals surface area contributed by atoms with E-state index in [4.69, 9.17) is 8.83 Å². The molecule has 0 saturated heterocycles. The maximum atomic E-state index is 12.4. The molecule has 2 aromatic heterocycles. The van der Waals surface area contributed by atoms with Gasteiger partial charge >= 0.3 is 0 Å². The van der Waals surface area contributed by atoms with Crippen molar-refractivity contribution in [1.82, 2.24) is 15.5 Å². The molecule has 2 heterocycles. The van der Waals surface area contributed by atoms with Gasteiger partial charge in [-0.1, -0.05) is 31.5 Å². The molecule has 0 aromatic carbocycles. The highest BCUT2D eigenvalue weighted by Crippen LogP contribution is 2.28. The summed E-state index contributed by atoms with van der Waals surface area (Å²) in [4.78, 5) is 12.4. The number of furan rings is 1. The second-order valence-electron chi connectivity index (χ2n) is 5.99. The van der Waals surface area contributed by atoms with Crippen molar-refractivity contribution in [3.8, 4) is 11.7 Å². The molecule has 3 rings (SSSR count). The van der Waals surface area contributed by atoms with Crippen molar-refractivity contribution < 1.29 is 13.6 Å². The number of carbonyl (C=O) groups is 1. The molecule has 1 fully saturated rings. The Kier molecular flexibility index (Phi) is 5.05. The van der Waals surface area contributed by atoms with Crippen LogP contribution in [0.4, 0.5) is 0 Å². The van der Waals surface area contributed by atoms with Crippen molar-refractivity contribution in [1.29, 1.82) is 0 Å². The van der Waals surface area contributed by atoms with Crippen LogP contribution in [-0.4, -0.2) is 27.4 Å². The zero-order chi connectivity index (χ0) is 16.2. The van der Waals surface area contributed by atoms with Crippen molar-refractivity contribution in [2.75, 3.05) is 0 Å². The summed E-state index contributed by atoms with van der Waals surface area (Å²) >= 11 is 1.27. The first kappa shape index (κ1) is 16.1. The molecule has 1 aliphatic carbocycles. The molecule has 1 amide bonds. The Morgan fingerprint density at radius 2 is 2.22 bits per heavy atom. The maximum absolute atomic E-state index is 12.4. The minimum absolute atomic E-state index is 0.0199. The zero-order valence-corrected chi connectivity index (χ0v) is 14.1. The lowest BCUT2D eigenvalue weighted by molar-refractivity contribution is -0.121. The van der Waals surface area contributed by atoms with Crippen molar-refractivity contribution in [2.24, 2.45) is 5.92 Å². The Morgan fingerprint density at radius 1 is 1.39 bits per heavy atom. The smallest absolute Gasteiger partial charge is 0.284 e. The Balaban J connectivity index is 1.56. The lowest BCUT2D eigenvalue weighted by Gasteiger charge is -2.30. The third-order valence-corrected chi connectivity index (χ3v) is 5.16. The normalized spacial score (nSPS) is 22.7. The van der Waals surface area contributed by atoms with E-state index in [1.807, 2.05) is 6.92 Å². The van der Waals surface area contributed by atoms with Gasteiger partial charge in [0.15, 0.2) is 5.76 Å². The number of nitrogens with one attached hydrogen (secondary N) is 1. The summed E-state index contributed by atoms with van der Waals surface area (Å²) < 4.78 is 10.7. The molecule has 2 aromatic rings. The number of hydrogen-bond donors (Lipinski definition) is 1. The highest BCUT2D eigenvalue weighted by molar-refractivity contribution is 8.00. The molecule has 0 radical (unpaired) electrons. The van der Waals surface area contributed by atoms with Gasteiger partial charge in [0.2, 0.25) is 5.91 Å². The molecule has 7 heteroatoms. The predicted octanol–water partition coefficient (Wildman–Crippen LogP) is 3.51. The molecular formula is C16H21N3O3S. The van der Waals surface area contributed by atoms with Crippen LogP contribution in [0, 0.1) is 5.92 Å². The van der Waals surface area contributed by atoms with Crippen LogP contribution in [0.1, 0.15) is 39.5 Å². The number of amides is 1. The molecule has 1 aliphatic rings. The largest absolute Gasteiger partial charge is 0.459 e. The molecule has 1 saturated carbocycles. The summed E-state index contributed by atoms with van der Waals surface area (Å²) in [5.74, 6) is 1.41. The average molecular weight is 335 g/mol. The average Bonchev–Trinajstić information content (AvgIpc) is 3.20. The van der Waals surface area contributed by atoms with Crippen LogP contribution in [-0.2, 0) is 4.79 Å². The fourth-order valence-corrected chi connectivity index (χ4v) is 3.49. The molecule has 1 N–H and O–H groups in total. The van der Waals surface area contributed by atoms with E-state index < -0.39 is 0 Å². The minimum atomic E-state index is -0.283. The van der Waals surface area contributed by atoms with Gasteiger partial charge in [-0.3, -0.25) is 4.79 Å². The van der Waals surface area contributed by atoms with Gasteiger partial charge in [-0.25, -0.2) is 0 Å². The molecule has 0 unspecified atom stereocenters. The summed E-state index contributed by atoms with van der Waals surface area (Å²) in [7, 11) is 0. The third-order valence-electron chi connectivity index (χ3n) is 4.22. The predicted molar refractivity (Wildman–Crippen MR) is 86.9 cm³/mol. The van der Waals surface area contributed by atoms with Gasteiger partial charge in [-0.15, -0.1) is 10.2 Å². The topological polar surface area (TPSA) is 81.2 Å². The van der Waals surface area contributed by atoms with E-state index >= 15 is 0 Å². The minimum Gasteiger partial charge on any atom is -0.459 e. The first-order valence-electron chi connectivity index (χ1n) is 7.98. The number of hydrogen-bond acceptors (Lipinski definition) is 6. The molecule has 23 heavy (non-hydrogen) atoms. The van der Waals surface area contributed by atoms with Gasteiger partial charge in [0.05, 0.1) is 11.5 Å². The van der Waals surface area contributed by atoms with Crippen LogP contribution in [0.5, 0.6) is 0 Å². The molecule has 124 valence electrons. The van der Waals surface area contributed by atoms with Gasteiger partial charge in [-0.05, 0) is 37.8 Å². The number of rotatable bonds is 5. The molecule has 0 aliphatic heterocycles. The summed E-state index contributed by atoms with van der Waals surface area (Å²) in [5, 5.41) is 11.1. The fourth-order valence-electron chi connectivity index (χ4n) is 2.79. The Hall–Kier alpha value is -1.76. The van der Waals surface area contributed by atoms with Crippen molar-refractivity contribution in [3.63, 3.8) is 0 Å².